The Hall–Kier alpha value is -7.57. The molecule has 0 radical (unpaired) electrons. The summed E-state index contributed by atoms with van der Waals surface area (Å²) in [7, 11) is 2.13. The van der Waals surface area contributed by atoms with Crippen molar-refractivity contribution in [2.24, 2.45) is 0 Å². The number of aromatic nitrogens is 3. The van der Waals surface area contributed by atoms with Crippen LogP contribution in [0.15, 0.2) is 192 Å². The zero-order chi connectivity index (χ0) is 39.5. The van der Waals surface area contributed by atoms with Gasteiger partial charge >= 0.3 is 0 Å². The Morgan fingerprint density at radius 2 is 0.949 bits per heavy atom. The molecule has 11 rings (SSSR count). The topological polar surface area (TPSA) is 61.0 Å². The smallest absolute Gasteiger partial charge is 0.164 e. The van der Waals surface area contributed by atoms with E-state index < -0.39 is 5.50 Å². The summed E-state index contributed by atoms with van der Waals surface area (Å²) in [5, 5.41) is 2.19. The van der Waals surface area contributed by atoms with Gasteiger partial charge in [-0.2, -0.15) is 0 Å². The fourth-order valence-electron chi connectivity index (χ4n) is 8.50. The molecule has 0 fully saturated rings. The molecule has 0 amide bonds. The van der Waals surface area contributed by atoms with E-state index >= 15 is 0 Å². The molecular weight excluding hydrogens is 721 g/mol. The van der Waals surface area contributed by atoms with Crippen molar-refractivity contribution in [2.45, 2.75) is 12.4 Å². The second kappa shape index (κ2) is 13.8. The first kappa shape index (κ1) is 34.7. The summed E-state index contributed by atoms with van der Waals surface area (Å²) in [6, 6.07) is 65.1. The van der Waals surface area contributed by atoms with Crippen molar-refractivity contribution in [3.05, 3.63) is 194 Å². The van der Waals surface area contributed by atoms with Crippen molar-refractivity contribution in [3.63, 3.8) is 0 Å². The monoisotopic (exact) mass is 757 g/mol. The Labute approximate surface area is 343 Å². The van der Waals surface area contributed by atoms with Crippen molar-refractivity contribution in [1.29, 1.82) is 0 Å². The molecule has 0 aliphatic carbocycles. The van der Waals surface area contributed by atoms with Gasteiger partial charge in [0.15, 0.2) is 25.3 Å². The summed E-state index contributed by atoms with van der Waals surface area (Å²) < 4.78 is 13.0. The third kappa shape index (κ3) is 6.09. The molecule has 0 saturated carbocycles. The molecule has 1 aliphatic heterocycles. The van der Waals surface area contributed by atoms with E-state index in [1.165, 1.54) is 11.1 Å². The highest BCUT2D eigenvalue weighted by atomic mass is 16.5. The molecule has 59 heavy (non-hydrogen) atoms. The molecule has 8 aromatic carbocycles. The number of fused-ring (bicyclic) bond motifs is 6. The van der Waals surface area contributed by atoms with Gasteiger partial charge in [0.05, 0.1) is 5.50 Å². The second-order valence-electron chi connectivity index (χ2n) is 15.5. The van der Waals surface area contributed by atoms with Gasteiger partial charge in [-0.25, -0.2) is 15.0 Å². The normalized spacial score (nSPS) is 14.5. The third-order valence-corrected chi connectivity index (χ3v) is 11.4. The molecule has 10 aromatic rings. The van der Waals surface area contributed by atoms with E-state index in [2.05, 4.69) is 179 Å². The van der Waals surface area contributed by atoms with Gasteiger partial charge in [-0.15, -0.1) is 0 Å². The van der Waals surface area contributed by atoms with Crippen LogP contribution in [0.4, 0.5) is 0 Å². The zero-order valence-corrected chi connectivity index (χ0v) is 32.6. The maximum atomic E-state index is 6.58. The zero-order valence-electron chi connectivity index (χ0n) is 32.6. The van der Waals surface area contributed by atoms with Gasteiger partial charge in [0, 0.05) is 38.6 Å². The summed E-state index contributed by atoms with van der Waals surface area (Å²) in [5.41, 5.74) is 14.0. The van der Waals surface area contributed by atoms with Gasteiger partial charge in [-0.1, -0.05) is 170 Å². The first-order valence-electron chi connectivity index (χ1n) is 19.9. The fraction of sp³-hybridized carbons (Fsp3) is 0.0377. The first-order chi connectivity index (χ1) is 29.0. The highest BCUT2D eigenvalue weighted by Crippen LogP contribution is 2.48. The van der Waals surface area contributed by atoms with Crippen LogP contribution in [0.3, 0.4) is 0 Å². The molecule has 0 saturated heterocycles. The van der Waals surface area contributed by atoms with Gasteiger partial charge in [0.25, 0.3) is 0 Å². The molecule has 3 heterocycles. The average Bonchev–Trinajstić information content (AvgIpc) is 3.68. The van der Waals surface area contributed by atoms with Gasteiger partial charge in [-0.3, -0.25) is 0 Å². The molecule has 0 bridgehead atoms. The van der Waals surface area contributed by atoms with Crippen LogP contribution in [0, 0.1) is 0 Å². The molecule has 1 aliphatic rings. The number of para-hydroxylation sites is 2. The highest BCUT2D eigenvalue weighted by molar-refractivity contribution is 6.16. The summed E-state index contributed by atoms with van der Waals surface area (Å²) in [5.74, 6) is 2.68. The lowest BCUT2D eigenvalue weighted by molar-refractivity contribution is 0.175. The van der Waals surface area contributed by atoms with Crippen LogP contribution in [0.5, 0.6) is 5.75 Å². The van der Waals surface area contributed by atoms with Crippen molar-refractivity contribution in [3.8, 4) is 84.4 Å². The summed E-state index contributed by atoms with van der Waals surface area (Å²) >= 11 is 0. The molecule has 5 nitrogen and oxygen atoms in total. The Balaban J connectivity index is 1.02. The van der Waals surface area contributed by atoms with E-state index in [0.717, 1.165) is 83.3 Å². The number of nitrogens with zero attached hydrogens (tertiary/aromatic N) is 3. The number of rotatable bonds is 6. The molecule has 0 spiro atoms. The minimum atomic E-state index is -0.428. The van der Waals surface area contributed by atoms with Crippen LogP contribution in [-0.4, -0.2) is 22.8 Å². The van der Waals surface area contributed by atoms with Crippen molar-refractivity contribution in [2.75, 3.05) is 0 Å². The van der Waals surface area contributed by atoms with Crippen molar-refractivity contribution in [1.82, 2.24) is 15.0 Å². The van der Waals surface area contributed by atoms with Crippen LogP contribution in [0.1, 0.15) is 12.5 Å². The molecular formula is C53H36BN3O2. The van der Waals surface area contributed by atoms with Crippen LogP contribution in [-0.2, 0) is 5.50 Å². The lowest BCUT2D eigenvalue weighted by Gasteiger charge is -2.36. The van der Waals surface area contributed by atoms with E-state index in [4.69, 9.17) is 24.1 Å². The lowest BCUT2D eigenvalue weighted by atomic mass is 9.72. The van der Waals surface area contributed by atoms with E-state index in [-0.39, 0.29) is 0 Å². The van der Waals surface area contributed by atoms with Crippen molar-refractivity contribution < 1.29 is 9.15 Å². The lowest BCUT2D eigenvalue weighted by Crippen LogP contribution is -2.33. The molecule has 1 unspecified atom stereocenters. The van der Waals surface area contributed by atoms with Gasteiger partial charge in [-0.05, 0) is 64.1 Å². The Morgan fingerprint density at radius 1 is 0.424 bits per heavy atom. The van der Waals surface area contributed by atoms with E-state index in [0.29, 0.717) is 17.5 Å². The summed E-state index contributed by atoms with van der Waals surface area (Å²) in [6.07, 6.45) is 0. The summed E-state index contributed by atoms with van der Waals surface area (Å²) in [6.45, 7) is 2.13. The molecule has 1 atom stereocenters. The standard InChI is InChI=1S/C53H36BN3O2/c1-53(54)45-21-7-5-17-44(45)48-40(18-11-23-47(48)59-53)35-26-30-37(31-27-35)51-55-50(36-28-24-34(25-29-36)33-12-3-2-4-13-33)56-52(57-51)39-15-9-14-38(32-39)41-19-10-20-43-42-16-6-8-22-46(42)58-49(41)43/h2-32H,54H2,1H3. The third-order valence-electron chi connectivity index (χ3n) is 11.4. The van der Waals surface area contributed by atoms with Gasteiger partial charge in [0.2, 0.25) is 0 Å². The number of hydrogen-bond acceptors (Lipinski definition) is 5. The SMILES string of the molecule is BC1(C)Oc2cccc(-c3ccc(-c4nc(-c5ccc(-c6ccccc6)cc5)nc(-c5cccc(-c6cccc7c6oc6ccccc67)c5)n4)cc3)c2-c2ccccc21. The van der Waals surface area contributed by atoms with Crippen LogP contribution < -0.4 is 4.74 Å². The molecule has 6 heteroatoms. The fourth-order valence-corrected chi connectivity index (χ4v) is 8.50. The van der Waals surface area contributed by atoms with E-state index in [9.17, 15) is 0 Å². The Bertz CT molecular complexity index is 3210. The number of furan rings is 1. The minimum Gasteiger partial charge on any atom is -0.492 e. The molecule has 278 valence electrons. The van der Waals surface area contributed by atoms with Crippen LogP contribution >= 0.6 is 0 Å². The Morgan fingerprint density at radius 3 is 1.73 bits per heavy atom. The number of benzene rings is 8. The van der Waals surface area contributed by atoms with Crippen molar-refractivity contribution >= 4 is 29.8 Å². The van der Waals surface area contributed by atoms with E-state index in [1.54, 1.807) is 0 Å². The summed E-state index contributed by atoms with van der Waals surface area (Å²) in [4.78, 5) is 15.4. The minimum absolute atomic E-state index is 0.428. The van der Waals surface area contributed by atoms with E-state index in [1.807, 2.05) is 24.3 Å². The maximum Gasteiger partial charge on any atom is 0.164 e. The quantitative estimate of drug-likeness (QED) is 0.158. The average molecular weight is 758 g/mol. The second-order valence-corrected chi connectivity index (χ2v) is 15.5. The Kier molecular flexibility index (Phi) is 8.12. The van der Waals surface area contributed by atoms with Crippen LogP contribution in [0.2, 0.25) is 0 Å². The van der Waals surface area contributed by atoms with Gasteiger partial charge < -0.3 is 9.15 Å². The largest absolute Gasteiger partial charge is 0.492 e. The molecule has 0 N–H and O–H groups in total. The maximum absolute atomic E-state index is 6.58. The van der Waals surface area contributed by atoms with Crippen LogP contribution in [0.25, 0.3) is 101 Å². The molecule has 2 aromatic heterocycles. The number of ether oxygens (including phenoxy) is 1. The first-order valence-corrected chi connectivity index (χ1v) is 19.9. The predicted molar refractivity (Wildman–Crippen MR) is 242 cm³/mol. The number of hydrogen-bond donors (Lipinski definition) is 0. The highest BCUT2D eigenvalue weighted by Gasteiger charge is 2.33. The van der Waals surface area contributed by atoms with Gasteiger partial charge in [0.1, 0.15) is 16.9 Å². The predicted octanol–water partition coefficient (Wildman–Crippen LogP) is 12.6.